The van der Waals surface area contributed by atoms with E-state index in [4.69, 9.17) is 0 Å². The lowest BCUT2D eigenvalue weighted by Gasteiger charge is -2.44. The summed E-state index contributed by atoms with van der Waals surface area (Å²) in [7, 11) is 0. The van der Waals surface area contributed by atoms with Crippen molar-refractivity contribution in [1.29, 1.82) is 0 Å². The standard InChI is InChI=1S/C27H33N3O2/c1-20(2)15-16-28-26(32)27(3)19-29-23-14-8-7-13-22(23)18-24(29)25(31)30(27)17-9-12-21-10-5-4-6-11-21/h4-8,10-11,13-14,18,20H,9,12,15-17,19H2,1-3H3,(H,28,32)/t27-/m0/s1. The van der Waals surface area contributed by atoms with Crippen molar-refractivity contribution >= 4 is 22.7 Å². The first-order valence-electron chi connectivity index (χ1n) is 11.6. The summed E-state index contributed by atoms with van der Waals surface area (Å²) in [5.74, 6) is 0.370. The number of carbonyl (C=O) groups is 2. The van der Waals surface area contributed by atoms with Crippen LogP contribution in [0.3, 0.4) is 0 Å². The molecule has 1 aliphatic rings. The number of para-hydroxylation sites is 1. The average Bonchev–Trinajstić information content (AvgIpc) is 3.15. The molecule has 1 aromatic heterocycles. The number of carbonyl (C=O) groups excluding carboxylic acids is 2. The third-order valence-corrected chi connectivity index (χ3v) is 6.52. The van der Waals surface area contributed by atoms with Gasteiger partial charge in [0, 0.05) is 24.0 Å². The van der Waals surface area contributed by atoms with E-state index in [0.717, 1.165) is 30.2 Å². The van der Waals surface area contributed by atoms with E-state index in [2.05, 4.69) is 31.3 Å². The molecule has 1 aliphatic heterocycles. The van der Waals surface area contributed by atoms with E-state index in [1.54, 1.807) is 4.90 Å². The number of rotatable bonds is 8. The first-order valence-corrected chi connectivity index (χ1v) is 11.6. The van der Waals surface area contributed by atoms with Crippen molar-refractivity contribution in [3.8, 4) is 0 Å². The first kappa shape index (κ1) is 22.1. The molecule has 5 nitrogen and oxygen atoms in total. The summed E-state index contributed by atoms with van der Waals surface area (Å²) in [6.45, 7) is 7.83. The Morgan fingerprint density at radius 2 is 1.81 bits per heavy atom. The predicted octanol–water partition coefficient (Wildman–Crippen LogP) is 4.65. The Kier molecular flexibility index (Phi) is 6.35. The van der Waals surface area contributed by atoms with E-state index in [-0.39, 0.29) is 11.8 Å². The summed E-state index contributed by atoms with van der Waals surface area (Å²) in [5.41, 5.74) is 1.98. The van der Waals surface area contributed by atoms with Crippen LogP contribution in [0.25, 0.3) is 10.9 Å². The van der Waals surface area contributed by atoms with E-state index < -0.39 is 5.54 Å². The molecule has 3 aromatic rings. The number of amides is 2. The maximum atomic E-state index is 13.7. The van der Waals surface area contributed by atoms with Crippen molar-refractivity contribution in [3.63, 3.8) is 0 Å². The van der Waals surface area contributed by atoms with Crippen LogP contribution in [0.2, 0.25) is 0 Å². The highest BCUT2D eigenvalue weighted by atomic mass is 16.2. The van der Waals surface area contributed by atoms with Crippen LogP contribution < -0.4 is 5.32 Å². The molecular formula is C27H33N3O2. The summed E-state index contributed by atoms with van der Waals surface area (Å²) in [4.78, 5) is 28.9. The first-order chi connectivity index (χ1) is 15.4. The summed E-state index contributed by atoms with van der Waals surface area (Å²) in [5, 5.41) is 4.14. The molecule has 0 bridgehead atoms. The van der Waals surface area contributed by atoms with Gasteiger partial charge < -0.3 is 14.8 Å². The van der Waals surface area contributed by atoms with Gasteiger partial charge in [-0.2, -0.15) is 0 Å². The van der Waals surface area contributed by atoms with Crippen molar-refractivity contribution < 1.29 is 9.59 Å². The van der Waals surface area contributed by atoms with E-state index in [0.29, 0.717) is 31.2 Å². The second kappa shape index (κ2) is 9.19. The minimum atomic E-state index is -0.931. The van der Waals surface area contributed by atoms with Crippen molar-refractivity contribution in [3.05, 3.63) is 71.9 Å². The number of aromatic nitrogens is 1. The molecule has 168 valence electrons. The average molecular weight is 432 g/mol. The van der Waals surface area contributed by atoms with Gasteiger partial charge >= 0.3 is 0 Å². The molecule has 2 aromatic carbocycles. The zero-order chi connectivity index (χ0) is 22.7. The van der Waals surface area contributed by atoms with Crippen molar-refractivity contribution in [2.24, 2.45) is 5.92 Å². The van der Waals surface area contributed by atoms with E-state index in [1.807, 2.05) is 60.0 Å². The summed E-state index contributed by atoms with van der Waals surface area (Å²) in [6.07, 6.45) is 2.60. The third-order valence-electron chi connectivity index (χ3n) is 6.52. The number of hydrogen-bond acceptors (Lipinski definition) is 2. The molecule has 1 atom stereocenters. The minimum Gasteiger partial charge on any atom is -0.354 e. The van der Waals surface area contributed by atoms with E-state index in [9.17, 15) is 9.59 Å². The van der Waals surface area contributed by atoms with Gasteiger partial charge in [-0.05, 0) is 49.8 Å². The maximum absolute atomic E-state index is 13.7. The maximum Gasteiger partial charge on any atom is 0.271 e. The molecule has 0 spiro atoms. The van der Waals surface area contributed by atoms with Crippen molar-refractivity contribution in [2.45, 2.75) is 52.1 Å². The van der Waals surface area contributed by atoms with E-state index in [1.165, 1.54) is 5.56 Å². The molecule has 0 radical (unpaired) electrons. The second-order valence-electron chi connectivity index (χ2n) is 9.43. The van der Waals surface area contributed by atoms with Gasteiger partial charge in [0.15, 0.2) is 0 Å². The van der Waals surface area contributed by atoms with Gasteiger partial charge in [-0.1, -0.05) is 62.4 Å². The smallest absolute Gasteiger partial charge is 0.271 e. The predicted molar refractivity (Wildman–Crippen MR) is 129 cm³/mol. The Balaban J connectivity index is 1.62. The number of benzene rings is 2. The van der Waals surface area contributed by atoms with Crippen molar-refractivity contribution in [2.75, 3.05) is 13.1 Å². The number of hydrogen-bond donors (Lipinski definition) is 1. The van der Waals surface area contributed by atoms with Crippen LogP contribution in [0.5, 0.6) is 0 Å². The fourth-order valence-corrected chi connectivity index (χ4v) is 4.61. The Hall–Kier alpha value is -3.08. The van der Waals surface area contributed by atoms with Crippen LogP contribution in [0.1, 0.15) is 49.7 Å². The van der Waals surface area contributed by atoms with Crippen LogP contribution in [0.15, 0.2) is 60.7 Å². The Bertz CT molecular complexity index is 1100. The minimum absolute atomic E-state index is 0.0676. The molecule has 5 heteroatoms. The topological polar surface area (TPSA) is 54.3 Å². The lowest BCUT2D eigenvalue weighted by Crippen LogP contribution is -2.64. The van der Waals surface area contributed by atoms with Crippen LogP contribution in [-0.2, 0) is 17.8 Å². The Labute approximate surface area is 190 Å². The van der Waals surface area contributed by atoms with Gasteiger partial charge in [-0.3, -0.25) is 9.59 Å². The fourth-order valence-electron chi connectivity index (χ4n) is 4.61. The molecular weight excluding hydrogens is 398 g/mol. The summed E-state index contributed by atoms with van der Waals surface area (Å²) in [6, 6.07) is 20.2. The Morgan fingerprint density at radius 3 is 2.56 bits per heavy atom. The van der Waals surface area contributed by atoms with Crippen molar-refractivity contribution in [1.82, 2.24) is 14.8 Å². The third kappa shape index (κ3) is 4.29. The number of aryl methyl sites for hydroxylation is 1. The molecule has 1 N–H and O–H groups in total. The van der Waals surface area contributed by atoms with Gasteiger partial charge in [-0.15, -0.1) is 0 Å². The van der Waals surface area contributed by atoms with Gasteiger partial charge in [0.25, 0.3) is 5.91 Å². The number of fused-ring (bicyclic) bond motifs is 3. The highest BCUT2D eigenvalue weighted by Gasteiger charge is 2.47. The molecule has 32 heavy (non-hydrogen) atoms. The second-order valence-corrected chi connectivity index (χ2v) is 9.43. The molecule has 2 amide bonds. The molecule has 2 heterocycles. The number of nitrogens with zero attached hydrogens (tertiary/aromatic N) is 2. The highest BCUT2D eigenvalue weighted by molar-refractivity contribution is 6.03. The SMILES string of the molecule is CC(C)CCNC(=O)[C@]1(C)Cn2c(cc3ccccc32)C(=O)N1CCCc1ccccc1. The van der Waals surface area contributed by atoms with Gasteiger partial charge in [0.1, 0.15) is 11.2 Å². The van der Waals surface area contributed by atoms with Gasteiger partial charge in [0.05, 0.1) is 6.54 Å². The van der Waals surface area contributed by atoms with Crippen LogP contribution in [0, 0.1) is 5.92 Å². The quantitative estimate of drug-likeness (QED) is 0.564. The molecule has 4 rings (SSSR count). The molecule has 0 fully saturated rings. The zero-order valence-electron chi connectivity index (χ0n) is 19.3. The normalized spacial score (nSPS) is 18.2. The molecule has 0 saturated carbocycles. The molecule has 0 unspecified atom stereocenters. The fraction of sp³-hybridized carbons (Fsp3) is 0.407. The highest BCUT2D eigenvalue weighted by Crippen LogP contribution is 2.32. The van der Waals surface area contributed by atoms with Gasteiger partial charge in [0.2, 0.25) is 5.91 Å². The van der Waals surface area contributed by atoms with Crippen LogP contribution in [0.4, 0.5) is 0 Å². The molecule has 0 aliphatic carbocycles. The monoisotopic (exact) mass is 431 g/mol. The Morgan fingerprint density at radius 1 is 1.09 bits per heavy atom. The van der Waals surface area contributed by atoms with Gasteiger partial charge in [-0.25, -0.2) is 0 Å². The number of nitrogens with one attached hydrogen (secondary N) is 1. The van der Waals surface area contributed by atoms with Crippen LogP contribution >= 0.6 is 0 Å². The summed E-state index contributed by atoms with van der Waals surface area (Å²) < 4.78 is 2.02. The lowest BCUT2D eigenvalue weighted by atomic mass is 9.93. The van der Waals surface area contributed by atoms with E-state index >= 15 is 0 Å². The summed E-state index contributed by atoms with van der Waals surface area (Å²) >= 11 is 0. The largest absolute Gasteiger partial charge is 0.354 e. The molecule has 0 saturated heterocycles. The zero-order valence-corrected chi connectivity index (χ0v) is 19.3. The lowest BCUT2D eigenvalue weighted by molar-refractivity contribution is -0.132. The van der Waals surface area contributed by atoms with Crippen LogP contribution in [-0.4, -0.2) is 39.9 Å².